The lowest BCUT2D eigenvalue weighted by Gasteiger charge is -2.04. The molecule has 5 aromatic rings. The van der Waals surface area contributed by atoms with Crippen LogP contribution in [0.2, 0.25) is 0 Å². The van der Waals surface area contributed by atoms with Gasteiger partial charge in [-0.05, 0) is 24.3 Å². The van der Waals surface area contributed by atoms with E-state index in [0.717, 1.165) is 5.82 Å². The second-order valence-electron chi connectivity index (χ2n) is 5.61. The van der Waals surface area contributed by atoms with Gasteiger partial charge < -0.3 is 4.98 Å². The molecular weight excluding hydrogens is 268 g/mol. The second-order valence-corrected chi connectivity index (χ2v) is 5.61. The molecule has 0 amide bonds. The van der Waals surface area contributed by atoms with E-state index >= 15 is 0 Å². The minimum atomic E-state index is 1.11. The summed E-state index contributed by atoms with van der Waals surface area (Å²) in [4.78, 5) is 3.55. The van der Waals surface area contributed by atoms with E-state index in [9.17, 15) is 0 Å². The van der Waals surface area contributed by atoms with Gasteiger partial charge in [0.2, 0.25) is 0 Å². The predicted molar refractivity (Wildman–Crippen MR) is 92.6 cm³/mol. The molecule has 0 spiro atoms. The fraction of sp³-hybridized carbons (Fsp3) is 0. The molecule has 2 heterocycles. The highest BCUT2D eigenvalue weighted by molar-refractivity contribution is 6.09. The van der Waals surface area contributed by atoms with Crippen LogP contribution in [0.3, 0.4) is 0 Å². The summed E-state index contributed by atoms with van der Waals surface area (Å²) in [5.41, 5.74) is 3.63. The van der Waals surface area contributed by atoms with Gasteiger partial charge in [0, 0.05) is 21.7 Å². The lowest BCUT2D eigenvalue weighted by atomic mass is 10.2. The van der Waals surface area contributed by atoms with Crippen LogP contribution >= 0.6 is 0 Å². The molecule has 0 unspecified atom stereocenters. The fourth-order valence-electron chi connectivity index (χ4n) is 3.36. The minimum Gasteiger partial charge on any atom is -0.341 e. The molecule has 0 fully saturated rings. The molecule has 3 aromatic carbocycles. The first kappa shape index (κ1) is 11.6. The van der Waals surface area contributed by atoms with Crippen molar-refractivity contribution < 1.29 is 0 Å². The van der Waals surface area contributed by atoms with E-state index in [1.807, 2.05) is 0 Å². The number of aromatic amines is 1. The Kier molecular flexibility index (Phi) is 2.25. The van der Waals surface area contributed by atoms with Crippen LogP contribution in [0.5, 0.6) is 0 Å². The summed E-state index contributed by atoms with van der Waals surface area (Å²) in [5.74, 6) is 1.11. The molecule has 0 aliphatic carbocycles. The summed E-state index contributed by atoms with van der Waals surface area (Å²) in [6.07, 6.45) is 0. The van der Waals surface area contributed by atoms with E-state index in [2.05, 4.69) is 88.4 Å². The molecule has 0 atom stereocenters. The number of nitrogens with one attached hydrogen (secondary N) is 1. The summed E-state index contributed by atoms with van der Waals surface area (Å²) < 4.78 is 2.31. The van der Waals surface area contributed by atoms with E-state index in [1.165, 1.54) is 32.7 Å². The number of hydrogen-bond acceptors (Lipinski definition) is 0. The molecule has 0 saturated heterocycles. The zero-order valence-corrected chi connectivity index (χ0v) is 12.0. The van der Waals surface area contributed by atoms with Crippen molar-refractivity contribution in [2.24, 2.45) is 0 Å². The van der Waals surface area contributed by atoms with Crippen molar-refractivity contribution in [3.05, 3.63) is 78.9 Å². The summed E-state index contributed by atoms with van der Waals surface area (Å²) in [6, 6.07) is 27.8. The third-order valence-electron chi connectivity index (χ3n) is 4.34. The maximum atomic E-state index is 3.55. The number of hydrogen-bond donors (Lipinski definition) is 1. The van der Waals surface area contributed by atoms with Crippen molar-refractivity contribution in [3.63, 3.8) is 0 Å². The van der Waals surface area contributed by atoms with Gasteiger partial charge in [0.15, 0.2) is 0 Å². The van der Waals surface area contributed by atoms with Gasteiger partial charge in [0.05, 0.1) is 11.0 Å². The molecule has 0 aliphatic heterocycles. The fourth-order valence-corrected chi connectivity index (χ4v) is 3.36. The molecule has 2 nitrogen and oxygen atoms in total. The number of nitrogens with zero attached hydrogens (tertiary/aromatic N) is 1. The molecule has 5 rings (SSSR count). The number of para-hydroxylation sites is 3. The predicted octanol–water partition coefficient (Wildman–Crippen LogP) is 5.27. The Labute approximate surface area is 127 Å². The van der Waals surface area contributed by atoms with Gasteiger partial charge >= 0.3 is 0 Å². The van der Waals surface area contributed by atoms with Gasteiger partial charge in [-0.2, -0.15) is 0 Å². The molecule has 104 valence electrons. The highest BCUT2D eigenvalue weighted by atomic mass is 15.1. The van der Waals surface area contributed by atoms with Crippen molar-refractivity contribution in [1.29, 1.82) is 0 Å². The Hall–Kier alpha value is -3.00. The Morgan fingerprint density at radius 1 is 0.636 bits per heavy atom. The van der Waals surface area contributed by atoms with Crippen LogP contribution in [0.1, 0.15) is 0 Å². The van der Waals surface area contributed by atoms with Crippen molar-refractivity contribution >= 4 is 32.7 Å². The Morgan fingerprint density at radius 3 is 1.91 bits per heavy atom. The van der Waals surface area contributed by atoms with Crippen molar-refractivity contribution in [3.8, 4) is 5.82 Å². The van der Waals surface area contributed by atoms with E-state index in [0.29, 0.717) is 0 Å². The van der Waals surface area contributed by atoms with Crippen LogP contribution in [0.15, 0.2) is 78.9 Å². The number of aromatic nitrogens is 2. The minimum absolute atomic E-state index is 1.11. The number of rotatable bonds is 1. The standard InChI is InChI=1S/C20H14N2/c1-4-10-17-14(7-1)13-20(21-17)22-18-11-5-2-8-15(18)16-9-3-6-12-19(16)22/h1-13,21H. The van der Waals surface area contributed by atoms with Crippen LogP contribution in [0.4, 0.5) is 0 Å². The summed E-state index contributed by atoms with van der Waals surface area (Å²) in [7, 11) is 0. The normalized spacial score (nSPS) is 11.6. The lowest BCUT2D eigenvalue weighted by molar-refractivity contribution is 1.12. The van der Waals surface area contributed by atoms with Gasteiger partial charge in [0.1, 0.15) is 5.82 Å². The number of fused-ring (bicyclic) bond motifs is 4. The van der Waals surface area contributed by atoms with E-state index in [-0.39, 0.29) is 0 Å². The van der Waals surface area contributed by atoms with Gasteiger partial charge in [-0.25, -0.2) is 0 Å². The van der Waals surface area contributed by atoms with Crippen LogP contribution < -0.4 is 0 Å². The first-order chi connectivity index (χ1) is 10.9. The first-order valence-electron chi connectivity index (χ1n) is 7.48. The van der Waals surface area contributed by atoms with E-state index < -0.39 is 0 Å². The average Bonchev–Trinajstić information content (AvgIpc) is 3.13. The van der Waals surface area contributed by atoms with Crippen LogP contribution in [0.25, 0.3) is 38.5 Å². The molecule has 0 saturated carbocycles. The topological polar surface area (TPSA) is 20.7 Å². The molecule has 1 N–H and O–H groups in total. The summed E-state index contributed by atoms with van der Waals surface area (Å²) >= 11 is 0. The van der Waals surface area contributed by atoms with E-state index in [4.69, 9.17) is 0 Å². The van der Waals surface area contributed by atoms with Gasteiger partial charge in [-0.3, -0.25) is 4.57 Å². The van der Waals surface area contributed by atoms with Gasteiger partial charge in [-0.1, -0.05) is 54.6 Å². The summed E-state index contributed by atoms with van der Waals surface area (Å²) in [5, 5.41) is 3.81. The van der Waals surface area contributed by atoms with Crippen LogP contribution in [0, 0.1) is 0 Å². The Balaban J connectivity index is 1.96. The Bertz CT molecular complexity index is 1040. The van der Waals surface area contributed by atoms with Crippen molar-refractivity contribution in [1.82, 2.24) is 9.55 Å². The van der Waals surface area contributed by atoms with Crippen molar-refractivity contribution in [2.75, 3.05) is 0 Å². The number of H-pyrrole nitrogens is 1. The molecule has 0 bridgehead atoms. The third kappa shape index (κ3) is 1.49. The monoisotopic (exact) mass is 282 g/mol. The molecule has 2 aromatic heterocycles. The first-order valence-corrected chi connectivity index (χ1v) is 7.48. The maximum Gasteiger partial charge on any atom is 0.116 e. The zero-order chi connectivity index (χ0) is 14.5. The summed E-state index contributed by atoms with van der Waals surface area (Å²) in [6.45, 7) is 0. The van der Waals surface area contributed by atoms with Crippen LogP contribution in [-0.4, -0.2) is 9.55 Å². The molecule has 0 radical (unpaired) electrons. The molecule has 22 heavy (non-hydrogen) atoms. The zero-order valence-electron chi connectivity index (χ0n) is 12.0. The molecule has 2 heteroatoms. The second kappa shape index (κ2) is 4.25. The third-order valence-corrected chi connectivity index (χ3v) is 4.34. The Morgan fingerprint density at radius 2 is 1.23 bits per heavy atom. The highest BCUT2D eigenvalue weighted by Crippen LogP contribution is 2.32. The van der Waals surface area contributed by atoms with E-state index in [1.54, 1.807) is 0 Å². The average molecular weight is 282 g/mol. The van der Waals surface area contributed by atoms with Gasteiger partial charge in [-0.15, -0.1) is 0 Å². The molecular formula is C20H14N2. The SMILES string of the molecule is c1ccc2[nH]c(-n3c4ccccc4c4ccccc43)cc2c1. The van der Waals surface area contributed by atoms with Crippen LogP contribution in [-0.2, 0) is 0 Å². The van der Waals surface area contributed by atoms with Gasteiger partial charge in [0.25, 0.3) is 0 Å². The lowest BCUT2D eigenvalue weighted by Crippen LogP contribution is -1.93. The largest absolute Gasteiger partial charge is 0.341 e. The molecule has 0 aliphatic rings. The highest BCUT2D eigenvalue weighted by Gasteiger charge is 2.12. The quantitative estimate of drug-likeness (QED) is 0.432. The maximum absolute atomic E-state index is 3.55. The van der Waals surface area contributed by atoms with Crippen molar-refractivity contribution in [2.45, 2.75) is 0 Å². The number of benzene rings is 3. The smallest absolute Gasteiger partial charge is 0.116 e.